The highest BCUT2D eigenvalue weighted by atomic mass is 32.1. The van der Waals surface area contributed by atoms with Gasteiger partial charge in [0, 0.05) is 24.8 Å². The molecule has 0 saturated heterocycles. The first-order chi connectivity index (χ1) is 9.86. The molecule has 3 rings (SSSR count). The third-order valence-corrected chi connectivity index (χ3v) is 4.50. The summed E-state index contributed by atoms with van der Waals surface area (Å²) in [6.07, 6.45) is 2.67. The molecule has 1 aromatic carbocycles. The summed E-state index contributed by atoms with van der Waals surface area (Å²) in [5.41, 5.74) is 4.15. The van der Waals surface area contributed by atoms with Crippen molar-refractivity contribution in [3.8, 4) is 0 Å². The molecule has 0 unspecified atom stereocenters. The van der Waals surface area contributed by atoms with E-state index in [4.69, 9.17) is 0 Å². The first kappa shape index (κ1) is 13.7. The van der Waals surface area contributed by atoms with E-state index in [1.807, 2.05) is 0 Å². The average Bonchev–Trinajstić information content (AvgIpc) is 3.20. The second kappa shape index (κ2) is 6.42. The molecule has 0 atom stereocenters. The van der Waals surface area contributed by atoms with Crippen LogP contribution in [-0.4, -0.2) is 12.6 Å². The Hall–Kier alpha value is -1.32. The van der Waals surface area contributed by atoms with Crippen LogP contribution in [0.5, 0.6) is 0 Å². The topological polar surface area (TPSA) is 15.3 Å². The molecule has 0 aliphatic heterocycles. The summed E-state index contributed by atoms with van der Waals surface area (Å²) >= 11 is 1.79. The van der Waals surface area contributed by atoms with Crippen LogP contribution >= 0.6 is 11.3 Å². The van der Waals surface area contributed by atoms with E-state index in [1.165, 1.54) is 29.7 Å². The molecule has 1 aliphatic carbocycles. The maximum absolute atomic E-state index is 3.37. The molecular weight excluding hydrogens is 264 g/mol. The molecule has 0 amide bonds. The highest BCUT2D eigenvalue weighted by molar-refractivity contribution is 7.07. The maximum atomic E-state index is 3.37. The van der Waals surface area contributed by atoms with E-state index in [9.17, 15) is 0 Å². The van der Waals surface area contributed by atoms with Crippen LogP contribution in [-0.2, 0) is 13.1 Å². The number of thiophene rings is 1. The predicted molar refractivity (Wildman–Crippen MR) is 87.3 cm³/mol. The third kappa shape index (κ3) is 3.41. The molecule has 20 heavy (non-hydrogen) atoms. The molecule has 1 aliphatic rings. The van der Waals surface area contributed by atoms with Crippen LogP contribution in [0.4, 0.5) is 5.69 Å². The summed E-state index contributed by atoms with van der Waals surface area (Å²) in [5.74, 6) is 0. The van der Waals surface area contributed by atoms with Crippen molar-refractivity contribution >= 4 is 17.0 Å². The molecule has 1 heterocycles. The van der Waals surface area contributed by atoms with Gasteiger partial charge in [-0.15, -0.1) is 0 Å². The number of rotatable bonds is 7. The number of hydrogen-bond donors (Lipinski definition) is 1. The van der Waals surface area contributed by atoms with Gasteiger partial charge in [-0.2, -0.15) is 11.3 Å². The van der Waals surface area contributed by atoms with Gasteiger partial charge in [0.15, 0.2) is 0 Å². The molecule has 0 spiro atoms. The molecule has 2 nitrogen and oxygen atoms in total. The summed E-state index contributed by atoms with van der Waals surface area (Å²) in [5, 5.41) is 7.80. The van der Waals surface area contributed by atoms with E-state index < -0.39 is 0 Å². The largest absolute Gasteiger partial charge is 0.364 e. The number of nitrogens with one attached hydrogen (secondary N) is 1. The Morgan fingerprint density at radius 2 is 1.95 bits per heavy atom. The van der Waals surface area contributed by atoms with Crippen molar-refractivity contribution in [3.63, 3.8) is 0 Å². The average molecular weight is 286 g/mol. The lowest BCUT2D eigenvalue weighted by Crippen LogP contribution is -2.24. The van der Waals surface area contributed by atoms with Crippen molar-refractivity contribution in [2.24, 2.45) is 0 Å². The van der Waals surface area contributed by atoms with Crippen LogP contribution in [0.1, 0.15) is 30.9 Å². The smallest absolute Gasteiger partial charge is 0.0440 e. The Kier molecular flexibility index (Phi) is 4.38. The standard InChI is InChI=1S/C17H22N2S/c1-2-18-11-14-3-5-16(6-4-14)19(17-7-8-17)12-15-9-10-20-13-15/h3-6,9-10,13,17-18H,2,7-8,11-12H2,1H3. The molecule has 1 aromatic heterocycles. The van der Waals surface area contributed by atoms with Crippen LogP contribution in [0.3, 0.4) is 0 Å². The highest BCUT2D eigenvalue weighted by Gasteiger charge is 2.29. The van der Waals surface area contributed by atoms with E-state index in [1.54, 1.807) is 11.3 Å². The monoisotopic (exact) mass is 286 g/mol. The molecular formula is C17H22N2S. The minimum Gasteiger partial charge on any atom is -0.364 e. The van der Waals surface area contributed by atoms with Gasteiger partial charge in [-0.3, -0.25) is 0 Å². The number of hydrogen-bond acceptors (Lipinski definition) is 3. The van der Waals surface area contributed by atoms with E-state index in [0.29, 0.717) is 0 Å². The number of nitrogens with zero attached hydrogens (tertiary/aromatic N) is 1. The Labute approximate surface area is 125 Å². The van der Waals surface area contributed by atoms with Gasteiger partial charge in [-0.1, -0.05) is 19.1 Å². The van der Waals surface area contributed by atoms with Crippen LogP contribution in [0.2, 0.25) is 0 Å². The summed E-state index contributed by atoms with van der Waals surface area (Å²) in [6, 6.07) is 12.0. The fourth-order valence-electron chi connectivity index (χ4n) is 2.47. The van der Waals surface area contributed by atoms with Gasteiger partial charge in [0.25, 0.3) is 0 Å². The molecule has 1 saturated carbocycles. The van der Waals surface area contributed by atoms with Gasteiger partial charge in [-0.25, -0.2) is 0 Å². The van der Waals surface area contributed by atoms with E-state index in [-0.39, 0.29) is 0 Å². The summed E-state index contributed by atoms with van der Waals surface area (Å²) in [7, 11) is 0. The van der Waals surface area contributed by atoms with E-state index in [2.05, 4.69) is 58.2 Å². The van der Waals surface area contributed by atoms with Crippen molar-refractivity contribution in [3.05, 3.63) is 52.2 Å². The predicted octanol–water partition coefficient (Wildman–Crippen LogP) is 4.03. The summed E-state index contributed by atoms with van der Waals surface area (Å²) in [6.45, 7) is 5.17. The number of anilines is 1. The van der Waals surface area contributed by atoms with Crippen LogP contribution in [0.15, 0.2) is 41.1 Å². The normalized spacial score (nSPS) is 14.4. The molecule has 106 valence electrons. The second-order valence-electron chi connectivity index (χ2n) is 5.44. The van der Waals surface area contributed by atoms with Crippen molar-refractivity contribution in [1.29, 1.82) is 0 Å². The first-order valence-electron chi connectivity index (χ1n) is 7.44. The lowest BCUT2D eigenvalue weighted by molar-refractivity contribution is 0.726. The molecule has 0 bridgehead atoms. The van der Waals surface area contributed by atoms with Crippen LogP contribution < -0.4 is 10.2 Å². The van der Waals surface area contributed by atoms with Crippen molar-refractivity contribution in [1.82, 2.24) is 5.32 Å². The highest BCUT2D eigenvalue weighted by Crippen LogP contribution is 2.33. The maximum Gasteiger partial charge on any atom is 0.0440 e. The van der Waals surface area contributed by atoms with Gasteiger partial charge >= 0.3 is 0 Å². The summed E-state index contributed by atoms with van der Waals surface area (Å²) in [4.78, 5) is 2.55. The van der Waals surface area contributed by atoms with Crippen LogP contribution in [0.25, 0.3) is 0 Å². The van der Waals surface area contributed by atoms with E-state index >= 15 is 0 Å². The Morgan fingerprint density at radius 3 is 2.55 bits per heavy atom. The minimum atomic E-state index is 0.745. The Balaban J connectivity index is 1.70. The van der Waals surface area contributed by atoms with E-state index in [0.717, 1.165) is 25.7 Å². The van der Waals surface area contributed by atoms with Crippen LogP contribution in [0, 0.1) is 0 Å². The van der Waals surface area contributed by atoms with Gasteiger partial charge < -0.3 is 10.2 Å². The SMILES string of the molecule is CCNCc1ccc(N(Cc2ccsc2)C2CC2)cc1. The Bertz CT molecular complexity index is 514. The van der Waals surface area contributed by atoms with Gasteiger partial charge in [0.1, 0.15) is 0 Å². The Morgan fingerprint density at radius 1 is 1.15 bits per heavy atom. The van der Waals surface area contributed by atoms with Crippen molar-refractivity contribution < 1.29 is 0 Å². The molecule has 0 radical (unpaired) electrons. The fraction of sp³-hybridized carbons (Fsp3) is 0.412. The second-order valence-corrected chi connectivity index (χ2v) is 6.22. The molecule has 2 aromatic rings. The lowest BCUT2D eigenvalue weighted by atomic mass is 10.1. The lowest BCUT2D eigenvalue weighted by Gasteiger charge is -2.24. The quantitative estimate of drug-likeness (QED) is 0.827. The fourth-order valence-corrected chi connectivity index (χ4v) is 3.13. The van der Waals surface area contributed by atoms with Gasteiger partial charge in [0.2, 0.25) is 0 Å². The molecule has 3 heteroatoms. The zero-order valence-electron chi connectivity index (χ0n) is 12.0. The van der Waals surface area contributed by atoms with Crippen molar-refractivity contribution in [2.75, 3.05) is 11.4 Å². The zero-order chi connectivity index (χ0) is 13.8. The van der Waals surface area contributed by atoms with Gasteiger partial charge in [0.05, 0.1) is 0 Å². The van der Waals surface area contributed by atoms with Crippen molar-refractivity contribution in [2.45, 2.75) is 38.9 Å². The number of benzene rings is 1. The zero-order valence-corrected chi connectivity index (χ0v) is 12.8. The summed E-state index contributed by atoms with van der Waals surface area (Å²) < 4.78 is 0. The molecule has 1 fully saturated rings. The minimum absolute atomic E-state index is 0.745. The molecule has 1 N–H and O–H groups in total. The van der Waals surface area contributed by atoms with Gasteiger partial charge in [-0.05, 0) is 59.5 Å². The third-order valence-electron chi connectivity index (χ3n) is 3.77. The first-order valence-corrected chi connectivity index (χ1v) is 8.38.